The molecule has 0 spiro atoms. The van der Waals surface area contributed by atoms with Gasteiger partial charge in [-0.1, -0.05) is 23.8 Å². The van der Waals surface area contributed by atoms with Crippen molar-refractivity contribution < 1.29 is 9.90 Å². The summed E-state index contributed by atoms with van der Waals surface area (Å²) in [5.74, 6) is -0.713. The highest BCUT2D eigenvalue weighted by atomic mass is 16.4. The maximum atomic E-state index is 10.6. The monoisotopic (exact) mass is 263 g/mol. The third kappa shape index (κ3) is 5.43. The molecule has 1 N–H and O–H groups in total. The molecule has 0 heterocycles. The predicted molar refractivity (Wildman–Crippen MR) is 78.3 cm³/mol. The van der Waals surface area contributed by atoms with Gasteiger partial charge >= 0.3 is 5.97 Å². The van der Waals surface area contributed by atoms with E-state index in [1.54, 1.807) is 0 Å². The van der Waals surface area contributed by atoms with Crippen molar-refractivity contribution in [3.05, 3.63) is 34.9 Å². The van der Waals surface area contributed by atoms with Crippen molar-refractivity contribution in [1.29, 1.82) is 0 Å². The second-order valence-corrected chi connectivity index (χ2v) is 5.49. The highest BCUT2D eigenvalue weighted by Crippen LogP contribution is 2.15. The topological polar surface area (TPSA) is 40.5 Å². The lowest BCUT2D eigenvalue weighted by Crippen LogP contribution is -2.31. The Morgan fingerprint density at radius 1 is 1.32 bits per heavy atom. The first-order valence-electron chi connectivity index (χ1n) is 6.92. The Morgan fingerprint density at radius 3 is 2.53 bits per heavy atom. The summed E-state index contributed by atoms with van der Waals surface area (Å²) in [6.07, 6.45) is 0.953. The number of hydrogen-bond donors (Lipinski definition) is 1. The Kier molecular flexibility index (Phi) is 6.03. The van der Waals surface area contributed by atoms with Crippen LogP contribution < -0.4 is 0 Å². The van der Waals surface area contributed by atoms with Crippen LogP contribution in [0, 0.1) is 13.8 Å². The maximum absolute atomic E-state index is 10.6. The number of carboxylic acid groups (broad SMARTS) is 1. The van der Waals surface area contributed by atoms with Crippen molar-refractivity contribution in [1.82, 2.24) is 4.90 Å². The standard InChI is InChI=1S/C16H25NO2/c1-12(2)17(9-5-6-16(18)19)11-15-8-7-13(3)10-14(15)4/h7-8,10,12H,5-6,9,11H2,1-4H3,(H,18,19). The smallest absolute Gasteiger partial charge is 0.303 e. The molecule has 19 heavy (non-hydrogen) atoms. The third-order valence-corrected chi connectivity index (χ3v) is 3.44. The van der Waals surface area contributed by atoms with Gasteiger partial charge in [0.25, 0.3) is 0 Å². The largest absolute Gasteiger partial charge is 0.481 e. The second kappa shape index (κ2) is 7.29. The molecule has 0 bridgehead atoms. The van der Waals surface area contributed by atoms with Crippen molar-refractivity contribution >= 4 is 5.97 Å². The van der Waals surface area contributed by atoms with Gasteiger partial charge in [0.2, 0.25) is 0 Å². The fourth-order valence-corrected chi connectivity index (χ4v) is 2.20. The number of aliphatic carboxylic acids is 1. The van der Waals surface area contributed by atoms with Crippen molar-refractivity contribution in [3.8, 4) is 0 Å². The van der Waals surface area contributed by atoms with Crippen LogP contribution in [0.5, 0.6) is 0 Å². The van der Waals surface area contributed by atoms with E-state index in [9.17, 15) is 4.79 Å². The SMILES string of the molecule is Cc1ccc(CN(CCCC(=O)O)C(C)C)c(C)c1. The van der Waals surface area contributed by atoms with Crippen molar-refractivity contribution in [2.24, 2.45) is 0 Å². The Bertz CT molecular complexity index is 427. The first kappa shape index (κ1) is 15.7. The van der Waals surface area contributed by atoms with Gasteiger partial charge in [0.15, 0.2) is 0 Å². The normalized spacial score (nSPS) is 11.3. The van der Waals surface area contributed by atoms with Gasteiger partial charge in [0.1, 0.15) is 0 Å². The molecular formula is C16H25NO2. The van der Waals surface area contributed by atoms with Gasteiger partial charge in [-0.2, -0.15) is 0 Å². The molecule has 0 saturated heterocycles. The van der Waals surface area contributed by atoms with Crippen LogP contribution in [0.2, 0.25) is 0 Å². The van der Waals surface area contributed by atoms with Crippen LogP contribution >= 0.6 is 0 Å². The van der Waals surface area contributed by atoms with Crippen LogP contribution in [0.3, 0.4) is 0 Å². The van der Waals surface area contributed by atoms with Crippen LogP contribution in [0.4, 0.5) is 0 Å². The number of hydrogen-bond acceptors (Lipinski definition) is 2. The van der Waals surface area contributed by atoms with Gasteiger partial charge in [-0.3, -0.25) is 9.69 Å². The highest BCUT2D eigenvalue weighted by Gasteiger charge is 2.12. The quantitative estimate of drug-likeness (QED) is 0.820. The summed E-state index contributed by atoms with van der Waals surface area (Å²) in [6, 6.07) is 6.94. The molecule has 0 aliphatic heterocycles. The van der Waals surface area contributed by atoms with Crippen LogP contribution in [0.15, 0.2) is 18.2 Å². The minimum Gasteiger partial charge on any atom is -0.481 e. The number of nitrogens with zero attached hydrogens (tertiary/aromatic N) is 1. The first-order chi connectivity index (χ1) is 8.90. The summed E-state index contributed by atoms with van der Waals surface area (Å²) in [7, 11) is 0. The summed E-state index contributed by atoms with van der Waals surface area (Å²) >= 11 is 0. The van der Waals surface area contributed by atoms with Crippen molar-refractivity contribution in [3.63, 3.8) is 0 Å². The van der Waals surface area contributed by atoms with Crippen molar-refractivity contribution in [2.45, 2.75) is 53.1 Å². The predicted octanol–water partition coefficient (Wildman–Crippen LogP) is 3.38. The summed E-state index contributed by atoms with van der Waals surface area (Å²) in [5.41, 5.74) is 3.92. The highest BCUT2D eigenvalue weighted by molar-refractivity contribution is 5.66. The van der Waals surface area contributed by atoms with Crippen LogP contribution in [-0.2, 0) is 11.3 Å². The number of rotatable bonds is 7. The zero-order valence-corrected chi connectivity index (χ0v) is 12.4. The number of carbonyl (C=O) groups is 1. The van der Waals surface area contributed by atoms with Crippen LogP contribution in [-0.4, -0.2) is 28.6 Å². The van der Waals surface area contributed by atoms with E-state index in [0.29, 0.717) is 12.5 Å². The molecule has 0 atom stereocenters. The molecule has 0 unspecified atom stereocenters. The molecular weight excluding hydrogens is 238 g/mol. The van der Waals surface area contributed by atoms with E-state index in [1.165, 1.54) is 16.7 Å². The molecule has 0 fully saturated rings. The Hall–Kier alpha value is -1.35. The molecule has 0 aliphatic rings. The number of aryl methyl sites for hydroxylation is 2. The van der Waals surface area contributed by atoms with E-state index in [4.69, 9.17) is 5.11 Å². The molecule has 1 aromatic rings. The van der Waals surface area contributed by atoms with E-state index in [1.807, 2.05) is 0 Å². The summed E-state index contributed by atoms with van der Waals surface area (Å²) < 4.78 is 0. The minimum atomic E-state index is -0.713. The fraction of sp³-hybridized carbons (Fsp3) is 0.562. The lowest BCUT2D eigenvalue weighted by atomic mass is 10.0. The molecule has 0 aliphatic carbocycles. The van der Waals surface area contributed by atoms with E-state index >= 15 is 0 Å². The lowest BCUT2D eigenvalue weighted by molar-refractivity contribution is -0.137. The first-order valence-corrected chi connectivity index (χ1v) is 6.92. The van der Waals surface area contributed by atoms with Gasteiger partial charge < -0.3 is 5.11 Å². The zero-order chi connectivity index (χ0) is 14.4. The molecule has 0 amide bonds. The summed E-state index contributed by atoms with van der Waals surface area (Å²) in [5, 5.41) is 8.71. The average molecular weight is 263 g/mol. The van der Waals surface area contributed by atoms with Gasteiger partial charge in [0, 0.05) is 19.0 Å². The molecule has 0 saturated carbocycles. The second-order valence-electron chi connectivity index (χ2n) is 5.49. The molecule has 1 rings (SSSR count). The molecule has 0 aromatic heterocycles. The minimum absolute atomic E-state index is 0.246. The Balaban J connectivity index is 2.64. The molecule has 106 valence electrons. The van der Waals surface area contributed by atoms with Gasteiger partial charge in [-0.15, -0.1) is 0 Å². The van der Waals surface area contributed by atoms with Gasteiger partial charge in [-0.05, 0) is 51.8 Å². The third-order valence-electron chi connectivity index (χ3n) is 3.44. The zero-order valence-electron chi connectivity index (χ0n) is 12.4. The van der Waals surface area contributed by atoms with Crippen LogP contribution in [0.25, 0.3) is 0 Å². The molecule has 3 heteroatoms. The number of carboxylic acids is 1. The number of benzene rings is 1. The lowest BCUT2D eigenvalue weighted by Gasteiger charge is -2.27. The van der Waals surface area contributed by atoms with Gasteiger partial charge in [0.05, 0.1) is 0 Å². The molecule has 0 radical (unpaired) electrons. The Morgan fingerprint density at radius 2 is 2.00 bits per heavy atom. The van der Waals surface area contributed by atoms with Crippen LogP contribution in [0.1, 0.15) is 43.4 Å². The molecule has 1 aromatic carbocycles. The van der Waals surface area contributed by atoms with E-state index in [2.05, 4.69) is 50.8 Å². The Labute approximate surface area is 116 Å². The van der Waals surface area contributed by atoms with E-state index in [0.717, 1.165) is 13.1 Å². The maximum Gasteiger partial charge on any atom is 0.303 e. The summed E-state index contributed by atoms with van der Waals surface area (Å²) in [4.78, 5) is 12.9. The van der Waals surface area contributed by atoms with Crippen molar-refractivity contribution in [2.75, 3.05) is 6.54 Å². The van der Waals surface area contributed by atoms with E-state index < -0.39 is 5.97 Å². The van der Waals surface area contributed by atoms with Gasteiger partial charge in [-0.25, -0.2) is 0 Å². The fourth-order valence-electron chi connectivity index (χ4n) is 2.20. The average Bonchev–Trinajstić information content (AvgIpc) is 2.30. The molecule has 3 nitrogen and oxygen atoms in total. The summed E-state index contributed by atoms with van der Waals surface area (Å²) in [6.45, 7) is 10.3. The van der Waals surface area contributed by atoms with E-state index in [-0.39, 0.29) is 6.42 Å².